The van der Waals surface area contributed by atoms with Gasteiger partial charge in [0.1, 0.15) is 0 Å². The molecular weight excluding hydrogens is 270 g/mol. The molecule has 82 valence electrons. The summed E-state index contributed by atoms with van der Waals surface area (Å²) in [5, 5.41) is 9.74. The maximum absolute atomic E-state index is 10.7. The van der Waals surface area contributed by atoms with E-state index in [0.717, 1.165) is 26.6 Å². The highest BCUT2D eigenvalue weighted by molar-refractivity contribution is 9.10. The normalized spacial score (nSPS) is 10.6. The second kappa shape index (κ2) is 4.22. The zero-order valence-corrected chi connectivity index (χ0v) is 10.3. The minimum atomic E-state index is -0.832. The Balaban J connectivity index is 2.58. The number of carbonyl (C=O) groups is 1. The van der Waals surface area contributed by atoms with E-state index in [0.29, 0.717) is 0 Å². The van der Waals surface area contributed by atoms with Gasteiger partial charge in [0, 0.05) is 15.6 Å². The summed E-state index contributed by atoms with van der Waals surface area (Å²) in [7, 11) is 0. The lowest BCUT2D eigenvalue weighted by Crippen LogP contribution is -2.03. The SMILES string of the molecule is Cc1nc2cc(Br)ccc2cc1CC(=O)O. The van der Waals surface area contributed by atoms with E-state index in [-0.39, 0.29) is 6.42 Å². The molecule has 1 aromatic carbocycles. The zero-order chi connectivity index (χ0) is 11.7. The van der Waals surface area contributed by atoms with Crippen molar-refractivity contribution >= 4 is 32.8 Å². The van der Waals surface area contributed by atoms with Crippen molar-refractivity contribution in [3.63, 3.8) is 0 Å². The molecule has 0 amide bonds. The summed E-state index contributed by atoms with van der Waals surface area (Å²) in [6, 6.07) is 7.66. The van der Waals surface area contributed by atoms with Crippen LogP contribution in [0.15, 0.2) is 28.7 Å². The van der Waals surface area contributed by atoms with Crippen LogP contribution in [-0.4, -0.2) is 16.1 Å². The van der Waals surface area contributed by atoms with Gasteiger partial charge in [-0.1, -0.05) is 22.0 Å². The number of halogens is 1. The van der Waals surface area contributed by atoms with Crippen LogP contribution in [-0.2, 0) is 11.2 Å². The lowest BCUT2D eigenvalue weighted by molar-refractivity contribution is -0.136. The van der Waals surface area contributed by atoms with Crippen molar-refractivity contribution in [1.82, 2.24) is 4.98 Å². The smallest absolute Gasteiger partial charge is 0.307 e. The number of aromatic nitrogens is 1. The zero-order valence-electron chi connectivity index (χ0n) is 8.70. The topological polar surface area (TPSA) is 50.2 Å². The van der Waals surface area contributed by atoms with Gasteiger partial charge in [0.2, 0.25) is 0 Å². The third-order valence-corrected chi connectivity index (χ3v) is 2.91. The molecule has 4 heteroatoms. The molecule has 3 nitrogen and oxygen atoms in total. The second-order valence-corrected chi connectivity index (χ2v) is 4.56. The Morgan fingerprint density at radius 1 is 1.44 bits per heavy atom. The molecule has 0 atom stereocenters. The number of aryl methyl sites for hydroxylation is 1. The van der Waals surface area contributed by atoms with Crippen LogP contribution >= 0.6 is 15.9 Å². The van der Waals surface area contributed by atoms with Crippen molar-refractivity contribution in [1.29, 1.82) is 0 Å². The number of nitrogens with zero attached hydrogens (tertiary/aromatic N) is 1. The quantitative estimate of drug-likeness (QED) is 0.920. The molecular formula is C12H10BrNO2. The maximum atomic E-state index is 10.7. The number of fused-ring (bicyclic) bond motifs is 1. The monoisotopic (exact) mass is 279 g/mol. The number of carboxylic acids is 1. The minimum absolute atomic E-state index is 0.0187. The molecule has 0 saturated carbocycles. The lowest BCUT2D eigenvalue weighted by atomic mass is 10.1. The molecule has 1 aromatic heterocycles. The van der Waals surface area contributed by atoms with E-state index in [2.05, 4.69) is 20.9 Å². The minimum Gasteiger partial charge on any atom is -0.481 e. The summed E-state index contributed by atoms with van der Waals surface area (Å²) in [4.78, 5) is 15.1. The van der Waals surface area contributed by atoms with E-state index < -0.39 is 5.97 Å². The highest BCUT2D eigenvalue weighted by Crippen LogP contribution is 2.21. The van der Waals surface area contributed by atoms with Crippen molar-refractivity contribution in [3.8, 4) is 0 Å². The van der Waals surface area contributed by atoms with Crippen LogP contribution in [0, 0.1) is 6.92 Å². The van der Waals surface area contributed by atoms with Gasteiger partial charge in [0.25, 0.3) is 0 Å². The van der Waals surface area contributed by atoms with Crippen LogP contribution in [0.2, 0.25) is 0 Å². The first-order valence-corrected chi connectivity index (χ1v) is 5.63. The van der Waals surface area contributed by atoms with Crippen LogP contribution in [0.5, 0.6) is 0 Å². The molecule has 0 aliphatic heterocycles. The Labute approximate surface area is 101 Å². The third kappa shape index (κ3) is 2.22. The number of aliphatic carboxylic acids is 1. The van der Waals surface area contributed by atoms with E-state index in [9.17, 15) is 4.79 Å². The fraction of sp³-hybridized carbons (Fsp3) is 0.167. The van der Waals surface area contributed by atoms with Crippen molar-refractivity contribution in [2.24, 2.45) is 0 Å². The number of hydrogen-bond acceptors (Lipinski definition) is 2. The largest absolute Gasteiger partial charge is 0.481 e. The summed E-state index contributed by atoms with van der Waals surface area (Å²) >= 11 is 3.38. The maximum Gasteiger partial charge on any atom is 0.307 e. The lowest BCUT2D eigenvalue weighted by Gasteiger charge is -2.05. The molecule has 16 heavy (non-hydrogen) atoms. The van der Waals surface area contributed by atoms with E-state index in [1.54, 1.807) is 0 Å². The van der Waals surface area contributed by atoms with E-state index in [4.69, 9.17) is 5.11 Å². The van der Waals surface area contributed by atoms with Gasteiger partial charge in [0.15, 0.2) is 0 Å². The second-order valence-electron chi connectivity index (χ2n) is 3.64. The average Bonchev–Trinajstić information content (AvgIpc) is 2.19. The van der Waals surface area contributed by atoms with Crippen LogP contribution in [0.3, 0.4) is 0 Å². The van der Waals surface area contributed by atoms with Gasteiger partial charge in [-0.25, -0.2) is 0 Å². The molecule has 2 aromatic rings. The van der Waals surface area contributed by atoms with Crippen LogP contribution in [0.4, 0.5) is 0 Å². The number of rotatable bonds is 2. The van der Waals surface area contributed by atoms with Crippen LogP contribution in [0.25, 0.3) is 10.9 Å². The predicted octanol–water partition coefficient (Wildman–Crippen LogP) is 2.93. The molecule has 2 rings (SSSR count). The van der Waals surface area contributed by atoms with Gasteiger partial charge in [0.05, 0.1) is 11.9 Å². The van der Waals surface area contributed by atoms with Gasteiger partial charge >= 0.3 is 5.97 Å². The summed E-state index contributed by atoms with van der Waals surface area (Å²) in [5.74, 6) is -0.832. The van der Waals surface area contributed by atoms with Gasteiger partial charge in [-0.15, -0.1) is 0 Å². The Morgan fingerprint density at radius 2 is 2.19 bits per heavy atom. The fourth-order valence-electron chi connectivity index (χ4n) is 1.62. The Hall–Kier alpha value is -1.42. The number of carboxylic acid groups (broad SMARTS) is 1. The fourth-order valence-corrected chi connectivity index (χ4v) is 1.97. The standard InChI is InChI=1S/C12H10BrNO2/c1-7-9(5-12(15)16)4-8-2-3-10(13)6-11(8)14-7/h2-4,6H,5H2,1H3,(H,15,16). The first kappa shape index (κ1) is 11.1. The molecule has 0 radical (unpaired) electrons. The van der Waals surface area contributed by atoms with Gasteiger partial charge in [-0.05, 0) is 30.7 Å². The van der Waals surface area contributed by atoms with E-state index in [1.807, 2.05) is 31.2 Å². The van der Waals surface area contributed by atoms with Gasteiger partial charge in [-0.2, -0.15) is 0 Å². The van der Waals surface area contributed by atoms with E-state index >= 15 is 0 Å². The molecule has 0 saturated heterocycles. The van der Waals surface area contributed by atoms with Crippen molar-refractivity contribution in [3.05, 3.63) is 40.0 Å². The van der Waals surface area contributed by atoms with Crippen LogP contribution < -0.4 is 0 Å². The summed E-state index contributed by atoms with van der Waals surface area (Å²) < 4.78 is 0.970. The highest BCUT2D eigenvalue weighted by Gasteiger charge is 2.07. The molecule has 1 heterocycles. The first-order valence-electron chi connectivity index (χ1n) is 4.84. The summed E-state index contributed by atoms with van der Waals surface area (Å²) in [5.41, 5.74) is 2.41. The van der Waals surface area contributed by atoms with Crippen LogP contribution in [0.1, 0.15) is 11.3 Å². The highest BCUT2D eigenvalue weighted by atomic mass is 79.9. The van der Waals surface area contributed by atoms with Crippen molar-refractivity contribution < 1.29 is 9.90 Å². The number of benzene rings is 1. The van der Waals surface area contributed by atoms with E-state index in [1.165, 1.54) is 0 Å². The predicted molar refractivity (Wildman–Crippen MR) is 65.5 cm³/mol. The van der Waals surface area contributed by atoms with Crippen molar-refractivity contribution in [2.75, 3.05) is 0 Å². The molecule has 0 aliphatic carbocycles. The third-order valence-electron chi connectivity index (χ3n) is 2.42. The number of hydrogen-bond donors (Lipinski definition) is 1. The summed E-state index contributed by atoms with van der Waals surface area (Å²) in [6.45, 7) is 1.83. The Morgan fingerprint density at radius 3 is 2.88 bits per heavy atom. The Kier molecular flexibility index (Phi) is 2.92. The molecule has 0 aliphatic rings. The molecule has 0 spiro atoms. The molecule has 0 unspecified atom stereocenters. The first-order chi connectivity index (χ1) is 7.56. The van der Waals surface area contributed by atoms with Gasteiger partial charge in [-0.3, -0.25) is 9.78 Å². The molecule has 1 N–H and O–H groups in total. The van der Waals surface area contributed by atoms with Gasteiger partial charge < -0.3 is 5.11 Å². The van der Waals surface area contributed by atoms with Crippen molar-refractivity contribution in [2.45, 2.75) is 13.3 Å². The number of pyridine rings is 1. The Bertz CT molecular complexity index is 566. The molecule has 0 bridgehead atoms. The average molecular weight is 280 g/mol. The molecule has 0 fully saturated rings. The summed E-state index contributed by atoms with van der Waals surface area (Å²) in [6.07, 6.45) is 0.0187.